The van der Waals surface area contributed by atoms with Gasteiger partial charge in [0, 0.05) is 44.8 Å². The predicted molar refractivity (Wildman–Crippen MR) is 120 cm³/mol. The van der Waals surface area contributed by atoms with E-state index in [4.69, 9.17) is 0 Å². The minimum absolute atomic E-state index is 0. The molecule has 1 amide bonds. The van der Waals surface area contributed by atoms with Gasteiger partial charge in [-0.2, -0.15) is 13.2 Å². The third-order valence-electron chi connectivity index (χ3n) is 4.41. The number of hydrogen-bond acceptors (Lipinski definition) is 3. The Labute approximate surface area is 186 Å². The summed E-state index contributed by atoms with van der Waals surface area (Å²) >= 11 is 0. The number of benzene rings is 1. The maximum Gasteiger partial charge on any atom is 0.401 e. The number of anilines is 1. The van der Waals surface area contributed by atoms with E-state index in [2.05, 4.69) is 20.9 Å². The quantitative estimate of drug-likeness (QED) is 0.289. The van der Waals surface area contributed by atoms with Gasteiger partial charge < -0.3 is 16.0 Å². The number of amides is 1. The average molecular weight is 527 g/mol. The summed E-state index contributed by atoms with van der Waals surface area (Å²) < 4.78 is 37.5. The second-order valence-electron chi connectivity index (χ2n) is 6.90. The summed E-state index contributed by atoms with van der Waals surface area (Å²) in [6.07, 6.45) is -2.23. The third kappa shape index (κ3) is 9.66. The Morgan fingerprint density at radius 2 is 1.97 bits per heavy atom. The molecular weight excluding hydrogens is 498 g/mol. The minimum Gasteiger partial charge on any atom is -0.352 e. The van der Waals surface area contributed by atoms with Gasteiger partial charge in [-0.25, -0.2) is 0 Å². The highest BCUT2D eigenvalue weighted by Gasteiger charge is 2.34. The Morgan fingerprint density at radius 3 is 2.55 bits per heavy atom. The number of aliphatic imine (C=N–C) groups is 1. The topological polar surface area (TPSA) is 68.8 Å². The van der Waals surface area contributed by atoms with E-state index in [9.17, 15) is 18.0 Å². The van der Waals surface area contributed by atoms with Crippen molar-refractivity contribution < 1.29 is 18.0 Å². The molecule has 1 heterocycles. The fraction of sp³-hybridized carbons (Fsp3) is 0.579. The van der Waals surface area contributed by atoms with Crippen LogP contribution in [0.3, 0.4) is 0 Å². The lowest BCUT2D eigenvalue weighted by Gasteiger charge is -2.20. The van der Waals surface area contributed by atoms with Crippen molar-refractivity contribution >= 4 is 41.5 Å². The normalized spacial score (nSPS) is 17.6. The number of nitrogens with zero attached hydrogens (tertiary/aromatic N) is 2. The lowest BCUT2D eigenvalue weighted by Crippen LogP contribution is -2.44. The first-order valence-corrected chi connectivity index (χ1v) is 9.44. The molecule has 1 aliphatic rings. The fourth-order valence-electron chi connectivity index (χ4n) is 3.08. The zero-order valence-corrected chi connectivity index (χ0v) is 19.0. The smallest absolute Gasteiger partial charge is 0.352 e. The van der Waals surface area contributed by atoms with Crippen LogP contribution in [-0.2, 0) is 11.3 Å². The van der Waals surface area contributed by atoms with E-state index in [1.54, 1.807) is 7.05 Å². The zero-order chi connectivity index (χ0) is 20.6. The molecule has 1 aromatic rings. The van der Waals surface area contributed by atoms with Crippen molar-refractivity contribution in [3.8, 4) is 0 Å². The predicted octanol–water partition coefficient (Wildman–Crippen LogP) is 3.34. The molecule has 0 bridgehead atoms. The molecule has 6 nitrogen and oxygen atoms in total. The van der Waals surface area contributed by atoms with Crippen molar-refractivity contribution in [2.75, 3.05) is 32.0 Å². The Bertz CT molecular complexity index is 667. The van der Waals surface area contributed by atoms with Gasteiger partial charge >= 0.3 is 6.18 Å². The summed E-state index contributed by atoms with van der Waals surface area (Å²) in [6, 6.07) is 7.43. The summed E-state index contributed by atoms with van der Waals surface area (Å²) in [5.41, 5.74) is 1.75. The van der Waals surface area contributed by atoms with Crippen LogP contribution >= 0.6 is 24.0 Å². The van der Waals surface area contributed by atoms with Gasteiger partial charge in [0.2, 0.25) is 5.91 Å². The molecule has 1 fully saturated rings. The molecule has 29 heavy (non-hydrogen) atoms. The number of rotatable bonds is 7. The van der Waals surface area contributed by atoms with E-state index in [1.807, 2.05) is 31.2 Å². The highest BCUT2D eigenvalue weighted by molar-refractivity contribution is 14.0. The molecule has 1 saturated heterocycles. The molecule has 1 unspecified atom stereocenters. The molecule has 2 rings (SSSR count). The maximum atomic E-state index is 12.5. The largest absolute Gasteiger partial charge is 0.401 e. The lowest BCUT2D eigenvalue weighted by molar-refractivity contribution is -0.143. The van der Waals surface area contributed by atoms with Gasteiger partial charge in [0.05, 0.1) is 6.54 Å². The Morgan fingerprint density at radius 1 is 1.28 bits per heavy atom. The van der Waals surface area contributed by atoms with Crippen LogP contribution in [0.25, 0.3) is 0 Å². The molecule has 10 heteroatoms. The SMILES string of the molecule is CCCC(=O)Nc1ccc(CNC(=NC)NC2CCN(CC(F)(F)F)C2)cc1.I. The van der Waals surface area contributed by atoms with Crippen LogP contribution in [0.15, 0.2) is 29.3 Å². The van der Waals surface area contributed by atoms with Crippen molar-refractivity contribution in [3.05, 3.63) is 29.8 Å². The highest BCUT2D eigenvalue weighted by atomic mass is 127. The number of hydrogen-bond donors (Lipinski definition) is 3. The summed E-state index contributed by atoms with van der Waals surface area (Å²) in [4.78, 5) is 17.1. The molecule has 0 spiro atoms. The van der Waals surface area contributed by atoms with E-state index in [0.29, 0.717) is 38.4 Å². The van der Waals surface area contributed by atoms with Gasteiger partial charge in [-0.15, -0.1) is 24.0 Å². The van der Waals surface area contributed by atoms with Crippen LogP contribution in [-0.4, -0.2) is 55.7 Å². The second kappa shape index (κ2) is 12.2. The van der Waals surface area contributed by atoms with Crippen LogP contribution in [0.4, 0.5) is 18.9 Å². The number of carbonyl (C=O) groups excluding carboxylic acids is 1. The first kappa shape index (κ1) is 25.5. The molecule has 0 aromatic heterocycles. The standard InChI is InChI=1S/C19H28F3N5O.HI/c1-3-4-17(28)25-15-7-5-14(6-8-15)11-24-18(23-2)26-16-9-10-27(12-16)13-19(20,21)22;/h5-8,16H,3-4,9-13H2,1-2H3,(H,25,28)(H2,23,24,26);1H. The van der Waals surface area contributed by atoms with Crippen molar-refractivity contribution in [3.63, 3.8) is 0 Å². The third-order valence-corrected chi connectivity index (χ3v) is 4.41. The summed E-state index contributed by atoms with van der Waals surface area (Å²) in [5.74, 6) is 0.549. The number of likely N-dealkylation sites (tertiary alicyclic amines) is 1. The number of nitrogens with one attached hydrogen (secondary N) is 3. The van der Waals surface area contributed by atoms with Crippen molar-refractivity contribution in [2.45, 2.75) is 44.9 Å². The summed E-state index contributed by atoms with van der Waals surface area (Å²) in [7, 11) is 1.63. The summed E-state index contributed by atoms with van der Waals surface area (Å²) in [6.45, 7) is 2.35. The minimum atomic E-state index is -4.17. The first-order chi connectivity index (χ1) is 13.3. The van der Waals surface area contributed by atoms with Crippen LogP contribution in [0.1, 0.15) is 31.7 Å². The second-order valence-corrected chi connectivity index (χ2v) is 6.90. The number of carbonyl (C=O) groups is 1. The van der Waals surface area contributed by atoms with Gasteiger partial charge in [0.1, 0.15) is 0 Å². The molecule has 1 aliphatic heterocycles. The zero-order valence-electron chi connectivity index (χ0n) is 16.7. The lowest BCUT2D eigenvalue weighted by atomic mass is 10.2. The van der Waals surface area contributed by atoms with Crippen molar-refractivity contribution in [1.82, 2.24) is 15.5 Å². The van der Waals surface area contributed by atoms with Crippen LogP contribution < -0.4 is 16.0 Å². The average Bonchev–Trinajstić information content (AvgIpc) is 3.05. The highest BCUT2D eigenvalue weighted by Crippen LogP contribution is 2.20. The monoisotopic (exact) mass is 527 g/mol. The molecule has 1 atom stereocenters. The van der Waals surface area contributed by atoms with Gasteiger partial charge in [0.25, 0.3) is 0 Å². The first-order valence-electron chi connectivity index (χ1n) is 9.44. The van der Waals surface area contributed by atoms with E-state index in [-0.39, 0.29) is 35.9 Å². The summed E-state index contributed by atoms with van der Waals surface area (Å²) in [5, 5.41) is 9.18. The number of alkyl halides is 3. The van der Waals surface area contributed by atoms with E-state index >= 15 is 0 Å². The van der Waals surface area contributed by atoms with Crippen LogP contribution in [0.5, 0.6) is 0 Å². The van der Waals surface area contributed by atoms with Gasteiger partial charge in [-0.1, -0.05) is 19.1 Å². The molecule has 0 radical (unpaired) electrons. The molecule has 0 aliphatic carbocycles. The van der Waals surface area contributed by atoms with Crippen molar-refractivity contribution in [2.24, 2.45) is 4.99 Å². The Hall–Kier alpha value is -1.56. The Balaban J connectivity index is 0.00000420. The van der Waals surface area contributed by atoms with E-state index in [0.717, 1.165) is 17.7 Å². The molecule has 1 aromatic carbocycles. The van der Waals surface area contributed by atoms with Gasteiger partial charge in [0.15, 0.2) is 5.96 Å². The molecule has 3 N–H and O–H groups in total. The maximum absolute atomic E-state index is 12.5. The van der Waals surface area contributed by atoms with Gasteiger partial charge in [-0.3, -0.25) is 14.7 Å². The van der Waals surface area contributed by atoms with Crippen LogP contribution in [0.2, 0.25) is 0 Å². The van der Waals surface area contributed by atoms with E-state index < -0.39 is 12.7 Å². The number of guanidine groups is 1. The Kier molecular flexibility index (Phi) is 10.7. The van der Waals surface area contributed by atoms with E-state index in [1.165, 1.54) is 4.90 Å². The van der Waals surface area contributed by atoms with Crippen molar-refractivity contribution in [1.29, 1.82) is 0 Å². The van der Waals surface area contributed by atoms with Crippen LogP contribution in [0, 0.1) is 0 Å². The van der Waals surface area contributed by atoms with Gasteiger partial charge in [-0.05, 0) is 30.5 Å². The molecular formula is C19H29F3IN5O. The number of halogens is 4. The molecule has 164 valence electrons. The fourth-order valence-corrected chi connectivity index (χ4v) is 3.08. The molecule has 0 saturated carbocycles.